The summed E-state index contributed by atoms with van der Waals surface area (Å²) >= 11 is 0. The molecule has 1 N–H and O–H groups in total. The van der Waals surface area contributed by atoms with Crippen molar-refractivity contribution in [1.82, 2.24) is 4.90 Å². The lowest BCUT2D eigenvalue weighted by molar-refractivity contribution is 0.128. The summed E-state index contributed by atoms with van der Waals surface area (Å²) in [6, 6.07) is 4.53. The topological polar surface area (TPSA) is 36.6 Å². The van der Waals surface area contributed by atoms with Gasteiger partial charge < -0.3 is 9.52 Å². The lowest BCUT2D eigenvalue weighted by Gasteiger charge is -2.28. The summed E-state index contributed by atoms with van der Waals surface area (Å²) in [5.74, 6) is 1.93. The van der Waals surface area contributed by atoms with Crippen LogP contribution in [0.5, 0.6) is 0 Å². The summed E-state index contributed by atoms with van der Waals surface area (Å²) < 4.78 is 5.58. The fourth-order valence-corrected chi connectivity index (χ4v) is 2.09. The zero-order valence-electron chi connectivity index (χ0n) is 10.6. The van der Waals surface area contributed by atoms with E-state index in [0.717, 1.165) is 30.9 Å². The van der Waals surface area contributed by atoms with Crippen molar-refractivity contribution in [3.8, 4) is 0 Å². The standard InChI is InChI=1S/C13H23NO2/c1-4-12(5-2)14(8-9-15)10-13-7-6-11(3)16-13/h6-7,12,15H,4-5,8-10H2,1-3H3. The predicted molar refractivity (Wildman–Crippen MR) is 65.3 cm³/mol. The van der Waals surface area contributed by atoms with E-state index < -0.39 is 0 Å². The second-order valence-corrected chi connectivity index (χ2v) is 4.18. The van der Waals surface area contributed by atoms with E-state index in [0.29, 0.717) is 12.6 Å². The van der Waals surface area contributed by atoms with Crippen LogP contribution in [0.15, 0.2) is 16.5 Å². The molecule has 1 heterocycles. The molecule has 92 valence electrons. The van der Waals surface area contributed by atoms with E-state index in [9.17, 15) is 0 Å². The van der Waals surface area contributed by atoms with Gasteiger partial charge in [-0.25, -0.2) is 0 Å². The third-order valence-corrected chi connectivity index (χ3v) is 3.00. The van der Waals surface area contributed by atoms with Crippen molar-refractivity contribution in [3.63, 3.8) is 0 Å². The van der Waals surface area contributed by atoms with Crippen LogP contribution in [0.1, 0.15) is 38.2 Å². The minimum atomic E-state index is 0.205. The minimum absolute atomic E-state index is 0.205. The first-order chi connectivity index (χ1) is 7.71. The summed E-state index contributed by atoms with van der Waals surface area (Å²) in [5, 5.41) is 9.09. The van der Waals surface area contributed by atoms with Crippen molar-refractivity contribution in [2.75, 3.05) is 13.2 Å². The minimum Gasteiger partial charge on any atom is -0.465 e. The molecule has 0 unspecified atom stereocenters. The molecule has 1 aromatic rings. The predicted octanol–water partition coefficient (Wildman–Crippen LogP) is 2.57. The highest BCUT2D eigenvalue weighted by atomic mass is 16.3. The lowest BCUT2D eigenvalue weighted by Crippen LogP contribution is -2.36. The molecule has 0 bridgehead atoms. The number of hydrogen-bond acceptors (Lipinski definition) is 3. The Hall–Kier alpha value is -0.800. The van der Waals surface area contributed by atoms with Crippen molar-refractivity contribution in [1.29, 1.82) is 0 Å². The Labute approximate surface area is 98.1 Å². The second kappa shape index (κ2) is 6.71. The van der Waals surface area contributed by atoms with Crippen molar-refractivity contribution < 1.29 is 9.52 Å². The average molecular weight is 225 g/mol. The Morgan fingerprint density at radius 1 is 1.31 bits per heavy atom. The highest BCUT2D eigenvalue weighted by Gasteiger charge is 2.16. The van der Waals surface area contributed by atoms with E-state index in [1.807, 2.05) is 19.1 Å². The van der Waals surface area contributed by atoms with Crippen LogP contribution in [-0.4, -0.2) is 29.2 Å². The smallest absolute Gasteiger partial charge is 0.118 e. The monoisotopic (exact) mass is 225 g/mol. The van der Waals surface area contributed by atoms with Gasteiger partial charge in [0.05, 0.1) is 13.2 Å². The first-order valence-electron chi connectivity index (χ1n) is 6.11. The van der Waals surface area contributed by atoms with Gasteiger partial charge in [0.2, 0.25) is 0 Å². The molecule has 16 heavy (non-hydrogen) atoms. The van der Waals surface area contributed by atoms with Gasteiger partial charge in [-0.15, -0.1) is 0 Å². The van der Waals surface area contributed by atoms with Gasteiger partial charge in [0, 0.05) is 12.6 Å². The molecule has 0 aliphatic rings. The molecular formula is C13H23NO2. The third kappa shape index (κ3) is 3.65. The average Bonchev–Trinajstić information content (AvgIpc) is 2.66. The number of hydrogen-bond donors (Lipinski definition) is 1. The molecule has 3 nitrogen and oxygen atoms in total. The van der Waals surface area contributed by atoms with Gasteiger partial charge in [0.1, 0.15) is 11.5 Å². The number of aliphatic hydroxyl groups is 1. The second-order valence-electron chi connectivity index (χ2n) is 4.18. The highest BCUT2D eigenvalue weighted by Crippen LogP contribution is 2.15. The zero-order valence-corrected chi connectivity index (χ0v) is 10.6. The molecule has 0 saturated heterocycles. The van der Waals surface area contributed by atoms with E-state index in [-0.39, 0.29) is 6.61 Å². The molecule has 0 saturated carbocycles. The van der Waals surface area contributed by atoms with E-state index in [4.69, 9.17) is 9.52 Å². The van der Waals surface area contributed by atoms with Gasteiger partial charge in [-0.05, 0) is 31.9 Å². The van der Waals surface area contributed by atoms with Crippen LogP contribution in [0.25, 0.3) is 0 Å². The first-order valence-corrected chi connectivity index (χ1v) is 6.11. The summed E-state index contributed by atoms with van der Waals surface area (Å²) in [4.78, 5) is 2.29. The van der Waals surface area contributed by atoms with E-state index in [1.165, 1.54) is 0 Å². The Bertz CT molecular complexity index is 292. The van der Waals surface area contributed by atoms with Gasteiger partial charge in [0.25, 0.3) is 0 Å². The largest absolute Gasteiger partial charge is 0.465 e. The van der Waals surface area contributed by atoms with Crippen LogP contribution in [0.2, 0.25) is 0 Å². The van der Waals surface area contributed by atoms with Crippen LogP contribution in [0.4, 0.5) is 0 Å². The highest BCUT2D eigenvalue weighted by molar-refractivity contribution is 5.05. The van der Waals surface area contributed by atoms with Crippen molar-refractivity contribution in [2.24, 2.45) is 0 Å². The summed E-state index contributed by atoms with van der Waals surface area (Å²) in [6.07, 6.45) is 2.21. The van der Waals surface area contributed by atoms with E-state index in [1.54, 1.807) is 0 Å². The molecule has 0 fully saturated rings. The molecule has 3 heteroatoms. The molecule has 1 aromatic heterocycles. The molecular weight excluding hydrogens is 202 g/mol. The maximum atomic E-state index is 9.09. The Morgan fingerprint density at radius 3 is 2.44 bits per heavy atom. The number of nitrogens with zero attached hydrogens (tertiary/aromatic N) is 1. The van der Waals surface area contributed by atoms with Crippen LogP contribution < -0.4 is 0 Å². The number of aliphatic hydroxyl groups excluding tert-OH is 1. The van der Waals surface area contributed by atoms with Crippen LogP contribution in [0, 0.1) is 6.92 Å². The number of furan rings is 1. The normalized spacial score (nSPS) is 11.6. The van der Waals surface area contributed by atoms with Gasteiger partial charge in [-0.1, -0.05) is 13.8 Å². The third-order valence-electron chi connectivity index (χ3n) is 3.00. The SMILES string of the molecule is CCC(CC)N(CCO)Cc1ccc(C)o1. The number of aryl methyl sites for hydroxylation is 1. The fraction of sp³-hybridized carbons (Fsp3) is 0.692. The quantitative estimate of drug-likeness (QED) is 0.775. The van der Waals surface area contributed by atoms with Crippen molar-refractivity contribution in [2.45, 2.75) is 46.2 Å². The molecule has 0 aromatic carbocycles. The van der Waals surface area contributed by atoms with Crippen LogP contribution in [0.3, 0.4) is 0 Å². The summed E-state index contributed by atoms with van der Waals surface area (Å²) in [5.41, 5.74) is 0. The van der Waals surface area contributed by atoms with Crippen LogP contribution in [-0.2, 0) is 6.54 Å². The van der Waals surface area contributed by atoms with Gasteiger partial charge >= 0.3 is 0 Å². The molecule has 0 amide bonds. The molecule has 0 spiro atoms. The molecule has 0 radical (unpaired) electrons. The Kier molecular flexibility index (Phi) is 5.56. The maximum Gasteiger partial charge on any atom is 0.118 e. The molecule has 0 aliphatic heterocycles. The Morgan fingerprint density at radius 2 is 2.00 bits per heavy atom. The van der Waals surface area contributed by atoms with Gasteiger partial charge in [0.15, 0.2) is 0 Å². The van der Waals surface area contributed by atoms with Gasteiger partial charge in [-0.2, -0.15) is 0 Å². The zero-order chi connectivity index (χ0) is 12.0. The summed E-state index contributed by atoms with van der Waals surface area (Å²) in [7, 11) is 0. The van der Waals surface area contributed by atoms with Crippen molar-refractivity contribution >= 4 is 0 Å². The fourth-order valence-electron chi connectivity index (χ4n) is 2.09. The molecule has 0 aliphatic carbocycles. The van der Waals surface area contributed by atoms with Gasteiger partial charge in [-0.3, -0.25) is 4.90 Å². The summed E-state index contributed by atoms with van der Waals surface area (Å²) in [6.45, 7) is 8.04. The van der Waals surface area contributed by atoms with Crippen molar-refractivity contribution in [3.05, 3.63) is 23.7 Å². The lowest BCUT2D eigenvalue weighted by atomic mass is 10.1. The first kappa shape index (κ1) is 13.3. The van der Waals surface area contributed by atoms with E-state index in [2.05, 4.69) is 18.7 Å². The molecule has 1 rings (SSSR count). The Balaban J connectivity index is 2.63. The maximum absolute atomic E-state index is 9.09. The van der Waals surface area contributed by atoms with Crippen LogP contribution >= 0.6 is 0 Å². The van der Waals surface area contributed by atoms with E-state index >= 15 is 0 Å². The number of rotatable bonds is 7. The molecule has 0 atom stereocenters.